The van der Waals surface area contributed by atoms with Gasteiger partial charge in [0.1, 0.15) is 0 Å². The molecule has 0 aromatic heterocycles. The summed E-state index contributed by atoms with van der Waals surface area (Å²) in [5.74, 6) is 0. The summed E-state index contributed by atoms with van der Waals surface area (Å²) >= 11 is 0. The van der Waals surface area contributed by atoms with Gasteiger partial charge in [-0.2, -0.15) is 0 Å². The van der Waals surface area contributed by atoms with Crippen LogP contribution < -0.4 is 4.86 Å². The maximum atomic E-state index is 6.46. The summed E-state index contributed by atoms with van der Waals surface area (Å²) in [7, 11) is -6.63. The molecule has 214 valence electrons. The van der Waals surface area contributed by atoms with Crippen molar-refractivity contribution in [2.24, 2.45) is 4.52 Å². The Kier molecular flexibility index (Phi) is 27.0. The molecule has 0 bridgehead atoms. The minimum absolute atomic E-state index is 0.567. The van der Waals surface area contributed by atoms with E-state index in [1.165, 1.54) is 0 Å². The molecule has 0 amide bonds. The summed E-state index contributed by atoms with van der Waals surface area (Å²) in [4.78, 5) is 3.53. The zero-order chi connectivity index (χ0) is 26.0. The van der Waals surface area contributed by atoms with Crippen molar-refractivity contribution in [2.45, 2.75) is 119 Å². The Morgan fingerprint density at radius 2 is 0.943 bits per heavy atom. The first-order valence-corrected chi connectivity index (χ1v) is 18.3. The fourth-order valence-corrected chi connectivity index (χ4v) is 9.45. The van der Waals surface area contributed by atoms with E-state index < -0.39 is 24.7 Å². The van der Waals surface area contributed by atoms with Crippen molar-refractivity contribution in [3.63, 3.8) is 0 Å². The average Bonchev–Trinajstić information content (AvgIpc) is 2.84. The van der Waals surface area contributed by atoms with Crippen molar-refractivity contribution in [2.75, 3.05) is 39.6 Å². The Hall–Kier alpha value is 0.810. The Morgan fingerprint density at radius 1 is 0.571 bits per heavy atom. The van der Waals surface area contributed by atoms with E-state index in [4.69, 9.17) is 31.7 Å². The van der Waals surface area contributed by atoms with Crippen LogP contribution in [0.2, 0.25) is 0 Å². The van der Waals surface area contributed by atoms with Crippen LogP contribution in [0.5, 0.6) is 0 Å². The third-order valence-electron chi connectivity index (χ3n) is 4.92. The molecule has 0 atom stereocenters. The molecule has 0 saturated carbocycles. The predicted octanol–water partition coefficient (Wildman–Crippen LogP) is 9.34. The molecular weight excluding hydrogens is 505 g/mol. The maximum absolute atomic E-state index is 6.46. The molecule has 0 saturated heterocycles. The summed E-state index contributed by atoms with van der Waals surface area (Å²) in [6, 6.07) is 0. The molecule has 0 aliphatic carbocycles. The number of nitrogens with zero attached hydrogens (tertiary/aromatic N) is 1. The Bertz CT molecular complexity index is 460. The summed E-state index contributed by atoms with van der Waals surface area (Å²) in [6.07, 6.45) is 12.1. The van der Waals surface area contributed by atoms with E-state index in [-0.39, 0.29) is 0 Å². The third kappa shape index (κ3) is 20.4. The van der Waals surface area contributed by atoms with Crippen molar-refractivity contribution < 1.29 is 27.1 Å². The SMILES string of the molecule is CCCCOP(N[PH](N=[PH](OCCCC)OCCCC)(OCCCC)OCCCC)OCCCC. The monoisotopic (exact) mass is 562 g/mol. The number of nitrogens with one attached hydrogen (secondary N) is 1. The van der Waals surface area contributed by atoms with Gasteiger partial charge in [0.05, 0.1) is 0 Å². The van der Waals surface area contributed by atoms with Crippen LogP contribution in [0.1, 0.15) is 119 Å². The van der Waals surface area contributed by atoms with Crippen LogP contribution in [0.15, 0.2) is 4.52 Å². The van der Waals surface area contributed by atoms with Crippen LogP contribution in [-0.2, 0) is 27.1 Å². The molecular formula is C24H57N2O6P3. The Morgan fingerprint density at radius 3 is 1.34 bits per heavy atom. The van der Waals surface area contributed by atoms with Gasteiger partial charge in [-0.05, 0) is 0 Å². The molecule has 0 aromatic carbocycles. The van der Waals surface area contributed by atoms with Crippen LogP contribution in [0.3, 0.4) is 0 Å². The molecule has 0 aliphatic rings. The second-order valence-electron chi connectivity index (χ2n) is 8.51. The standard InChI is InChI=1S/C24H57N2O6P3/c1-7-13-19-27-33(28-20-14-8-2)25-35(31-23-17-11-5,32-24-18-12-6)26-34(29-21-15-9-3)30-22-16-10-4/h25,34-35H,7-24H2,1-6H3. The van der Waals surface area contributed by atoms with Crippen molar-refractivity contribution in [1.29, 1.82) is 0 Å². The van der Waals surface area contributed by atoms with Crippen molar-refractivity contribution in [1.82, 2.24) is 4.86 Å². The molecule has 35 heavy (non-hydrogen) atoms. The molecule has 0 unspecified atom stereocenters. The molecule has 0 aliphatic heterocycles. The molecule has 0 spiro atoms. The van der Waals surface area contributed by atoms with Crippen LogP contribution >= 0.6 is 24.7 Å². The van der Waals surface area contributed by atoms with E-state index in [1.807, 2.05) is 0 Å². The molecule has 8 nitrogen and oxygen atoms in total. The first-order chi connectivity index (χ1) is 17.1. The van der Waals surface area contributed by atoms with Gasteiger partial charge in [0.15, 0.2) is 0 Å². The zero-order valence-electron chi connectivity index (χ0n) is 23.6. The van der Waals surface area contributed by atoms with Crippen LogP contribution in [-0.4, -0.2) is 39.6 Å². The van der Waals surface area contributed by atoms with Crippen molar-refractivity contribution in [3.8, 4) is 0 Å². The van der Waals surface area contributed by atoms with Gasteiger partial charge in [0.25, 0.3) is 0 Å². The Balaban J connectivity index is 5.97. The van der Waals surface area contributed by atoms with Crippen molar-refractivity contribution in [3.05, 3.63) is 0 Å². The second kappa shape index (κ2) is 26.4. The fourth-order valence-electron chi connectivity index (χ4n) is 2.54. The normalized spacial score (nSPS) is 12.7. The van der Waals surface area contributed by atoms with Gasteiger partial charge in [-0.25, -0.2) is 0 Å². The van der Waals surface area contributed by atoms with Crippen LogP contribution in [0, 0.1) is 0 Å². The van der Waals surface area contributed by atoms with E-state index in [0.29, 0.717) is 39.6 Å². The molecule has 1 N–H and O–H groups in total. The summed E-state index contributed by atoms with van der Waals surface area (Å²) < 4.78 is 42.6. The first kappa shape index (κ1) is 35.8. The van der Waals surface area contributed by atoms with Gasteiger partial charge in [0, 0.05) is 0 Å². The van der Waals surface area contributed by atoms with Gasteiger partial charge in [-0.1, -0.05) is 0 Å². The summed E-state index contributed by atoms with van der Waals surface area (Å²) in [6.45, 7) is 16.6. The third-order valence-corrected chi connectivity index (χ3v) is 11.6. The molecule has 11 heteroatoms. The van der Waals surface area contributed by atoms with Gasteiger partial charge < -0.3 is 0 Å². The molecule has 0 fully saturated rings. The van der Waals surface area contributed by atoms with Gasteiger partial charge in [0.2, 0.25) is 0 Å². The molecule has 0 aromatic rings. The Labute approximate surface area is 219 Å². The van der Waals surface area contributed by atoms with E-state index >= 15 is 0 Å². The molecule has 0 radical (unpaired) electrons. The predicted molar refractivity (Wildman–Crippen MR) is 154 cm³/mol. The molecule has 0 heterocycles. The minimum atomic E-state index is -3.29. The molecule has 0 rings (SSSR count). The number of unbranched alkanes of at least 4 members (excludes halogenated alkanes) is 6. The number of hydrogen-bond acceptors (Lipinski definition) is 8. The summed E-state index contributed by atoms with van der Waals surface area (Å²) in [5, 5.41) is 0. The van der Waals surface area contributed by atoms with Gasteiger partial charge >= 0.3 is 219 Å². The van der Waals surface area contributed by atoms with Gasteiger partial charge in [-0.3, -0.25) is 0 Å². The topological polar surface area (TPSA) is 79.8 Å². The number of hydrogen-bond donors (Lipinski definition) is 1. The fraction of sp³-hybridized carbons (Fsp3) is 1.00. The van der Waals surface area contributed by atoms with E-state index in [9.17, 15) is 0 Å². The van der Waals surface area contributed by atoms with E-state index in [2.05, 4.69) is 46.4 Å². The van der Waals surface area contributed by atoms with Crippen molar-refractivity contribution >= 4 is 24.7 Å². The summed E-state index contributed by atoms with van der Waals surface area (Å²) in [5.41, 5.74) is 0. The average molecular weight is 563 g/mol. The van der Waals surface area contributed by atoms with Crippen LogP contribution in [0.4, 0.5) is 0 Å². The van der Waals surface area contributed by atoms with Gasteiger partial charge in [-0.15, -0.1) is 0 Å². The quantitative estimate of drug-likeness (QED) is 0.0789. The van der Waals surface area contributed by atoms with E-state index in [0.717, 1.165) is 77.0 Å². The van der Waals surface area contributed by atoms with E-state index in [1.54, 1.807) is 0 Å². The second-order valence-corrected chi connectivity index (χ2v) is 14.2. The zero-order valence-corrected chi connectivity index (χ0v) is 26.5. The first-order valence-electron chi connectivity index (χ1n) is 14.1. The number of rotatable bonds is 27. The van der Waals surface area contributed by atoms with Crippen LogP contribution in [0.25, 0.3) is 0 Å².